The predicted molar refractivity (Wildman–Crippen MR) is 157 cm³/mol. The van der Waals surface area contributed by atoms with Crippen LogP contribution in [0, 0.1) is 11.3 Å². The van der Waals surface area contributed by atoms with Crippen LogP contribution in [0.1, 0.15) is 33.3 Å². The molecule has 2 heterocycles. The molecule has 0 spiro atoms. The van der Waals surface area contributed by atoms with E-state index in [1.165, 1.54) is 48.8 Å². The van der Waals surface area contributed by atoms with Crippen molar-refractivity contribution in [2.24, 2.45) is 0 Å². The second kappa shape index (κ2) is 13.6. The van der Waals surface area contributed by atoms with Gasteiger partial charge in [-0.1, -0.05) is 23.7 Å². The molecule has 204 valence electrons. The third kappa shape index (κ3) is 7.35. The molecule has 0 atom stereocenters. The number of pyridine rings is 2. The molecule has 0 saturated heterocycles. The molecule has 0 saturated carbocycles. The standard InChI is InChI=1S/C31H30ClN5O3/c1-4-39-30-17-28-26(15-21(30)14-25(38)9-7-13-37(2)3)31(22(18-33)19-35-28)36-23-10-11-29(27(32)16-23)40-20-24-8-5-6-12-34-24/h5-12,15-17,19H,4,13-14,20H2,1-3H3,(H,35,36)/b9-7+/i1D3,4D2,20D2. The summed E-state index contributed by atoms with van der Waals surface area (Å²) in [6.45, 7) is -8.00. The summed E-state index contributed by atoms with van der Waals surface area (Å²) in [6.07, 6.45) is 5.49. The Morgan fingerprint density at radius 3 is 2.80 bits per heavy atom. The first-order valence-corrected chi connectivity index (χ1v) is 12.4. The average molecular weight is 563 g/mol. The van der Waals surface area contributed by atoms with Crippen LogP contribution in [0.3, 0.4) is 0 Å². The average Bonchev–Trinajstić information content (AvgIpc) is 2.98. The van der Waals surface area contributed by atoms with E-state index in [0.717, 1.165) is 0 Å². The van der Waals surface area contributed by atoms with Crippen LogP contribution in [0.2, 0.25) is 5.02 Å². The summed E-state index contributed by atoms with van der Waals surface area (Å²) < 4.78 is 66.2. The first kappa shape index (κ1) is 20.5. The molecule has 0 fully saturated rings. The van der Waals surface area contributed by atoms with Crippen LogP contribution >= 0.6 is 11.6 Å². The number of hydrogen-bond donors (Lipinski definition) is 1. The lowest BCUT2D eigenvalue weighted by molar-refractivity contribution is -0.114. The molecule has 1 N–H and O–H groups in total. The molecule has 0 aliphatic rings. The third-order valence-electron chi connectivity index (χ3n) is 5.60. The normalized spacial score (nSPS) is 14.7. The van der Waals surface area contributed by atoms with Crippen LogP contribution in [0.15, 0.2) is 73.1 Å². The number of likely N-dealkylation sites (N-methyl/N-ethyl adjacent to an activating group) is 1. The first-order chi connectivity index (χ1) is 22.0. The first-order valence-electron chi connectivity index (χ1n) is 15.6. The van der Waals surface area contributed by atoms with Crippen LogP contribution in [-0.2, 0) is 17.8 Å². The van der Waals surface area contributed by atoms with E-state index >= 15 is 0 Å². The van der Waals surface area contributed by atoms with Gasteiger partial charge in [0.25, 0.3) is 0 Å². The molecule has 2 aromatic carbocycles. The fraction of sp³-hybridized carbons (Fsp3) is 0.226. The number of rotatable bonds is 12. The van der Waals surface area contributed by atoms with Gasteiger partial charge in [-0.3, -0.25) is 14.8 Å². The Bertz CT molecular complexity index is 1850. The summed E-state index contributed by atoms with van der Waals surface area (Å²) in [4.78, 5) is 23.1. The van der Waals surface area contributed by atoms with Gasteiger partial charge in [0.2, 0.25) is 0 Å². The Morgan fingerprint density at radius 1 is 1.20 bits per heavy atom. The number of ether oxygens (including phenoxy) is 2. The highest BCUT2D eigenvalue weighted by Gasteiger charge is 2.16. The topological polar surface area (TPSA) is 100 Å². The molecule has 40 heavy (non-hydrogen) atoms. The van der Waals surface area contributed by atoms with E-state index in [2.05, 4.69) is 21.4 Å². The summed E-state index contributed by atoms with van der Waals surface area (Å²) in [5, 5.41) is 13.5. The van der Waals surface area contributed by atoms with Gasteiger partial charge in [-0.25, -0.2) is 0 Å². The molecule has 4 aromatic rings. The number of nitrogens with zero attached hydrogens (tertiary/aromatic N) is 4. The SMILES string of the molecule is [2H]C([2H])(Oc1ccc(Nc2c(C#N)cnc3cc(OC([2H])([2H])C([2H])([2H])[2H])c(CC(=O)/C=C/CN(C)C)cc23)cc1Cl)c1ccccn1. The monoisotopic (exact) mass is 562 g/mol. The summed E-state index contributed by atoms with van der Waals surface area (Å²) >= 11 is 6.47. The maximum Gasteiger partial charge on any atom is 0.159 e. The number of nitrogens with one attached hydrogen (secondary N) is 1. The Morgan fingerprint density at radius 2 is 2.08 bits per heavy atom. The number of halogens is 1. The van der Waals surface area contributed by atoms with Gasteiger partial charge in [0.05, 0.1) is 39.5 Å². The van der Waals surface area contributed by atoms with Gasteiger partial charge in [0.15, 0.2) is 5.78 Å². The van der Waals surface area contributed by atoms with Crippen molar-refractivity contribution in [1.29, 1.82) is 5.26 Å². The van der Waals surface area contributed by atoms with Crippen LogP contribution in [-0.4, -0.2) is 47.9 Å². The van der Waals surface area contributed by atoms with E-state index in [9.17, 15) is 10.1 Å². The lowest BCUT2D eigenvalue weighted by atomic mass is 10.0. The Kier molecular flexibility index (Phi) is 6.93. The number of carbonyl (C=O) groups is 1. The maximum absolute atomic E-state index is 12.9. The fourth-order valence-corrected chi connectivity index (χ4v) is 3.97. The third-order valence-corrected chi connectivity index (χ3v) is 5.90. The molecule has 8 nitrogen and oxygen atoms in total. The Hall–Kier alpha value is -4.45. The molecule has 2 aromatic heterocycles. The zero-order chi connectivity index (χ0) is 34.6. The molecule has 4 rings (SSSR count). The van der Waals surface area contributed by atoms with Gasteiger partial charge >= 0.3 is 0 Å². The van der Waals surface area contributed by atoms with E-state index < -0.39 is 20.0 Å². The van der Waals surface area contributed by atoms with Crippen molar-refractivity contribution in [3.63, 3.8) is 0 Å². The van der Waals surface area contributed by atoms with E-state index in [1.807, 2.05) is 19.0 Å². The molecule has 0 aliphatic heterocycles. The number of nitriles is 1. The van der Waals surface area contributed by atoms with E-state index in [1.54, 1.807) is 24.3 Å². The van der Waals surface area contributed by atoms with Crippen molar-refractivity contribution in [1.82, 2.24) is 14.9 Å². The van der Waals surface area contributed by atoms with E-state index in [0.29, 0.717) is 17.6 Å². The van der Waals surface area contributed by atoms with Crippen molar-refractivity contribution >= 4 is 39.7 Å². The van der Waals surface area contributed by atoms with Crippen LogP contribution in [0.4, 0.5) is 11.4 Å². The summed E-state index contributed by atoms with van der Waals surface area (Å²) in [5.41, 5.74) is 1.23. The van der Waals surface area contributed by atoms with Gasteiger partial charge in [0, 0.05) is 52.2 Å². The summed E-state index contributed by atoms with van der Waals surface area (Å²) in [7, 11) is 3.67. The van der Waals surface area contributed by atoms with Gasteiger partial charge in [-0.2, -0.15) is 5.26 Å². The number of aromatic nitrogens is 2. The van der Waals surface area contributed by atoms with Crippen LogP contribution in [0.5, 0.6) is 11.5 Å². The maximum atomic E-state index is 12.9. The van der Waals surface area contributed by atoms with Gasteiger partial charge in [-0.05, 0) is 63.4 Å². The molecule has 0 radical (unpaired) electrons. The summed E-state index contributed by atoms with van der Waals surface area (Å²) in [6, 6.07) is 14.1. The van der Waals surface area contributed by atoms with Crippen molar-refractivity contribution in [3.05, 3.63) is 94.9 Å². The Balaban J connectivity index is 1.75. The number of allylic oxidation sites excluding steroid dienone is 1. The van der Waals surface area contributed by atoms with E-state index in [4.69, 9.17) is 30.7 Å². The minimum atomic E-state index is -3.13. The van der Waals surface area contributed by atoms with E-state index in [-0.39, 0.29) is 56.8 Å². The Labute approximate surface area is 248 Å². The number of ketones is 1. The fourth-order valence-electron chi connectivity index (χ4n) is 3.75. The van der Waals surface area contributed by atoms with Crippen molar-refractivity contribution in [2.75, 3.05) is 32.5 Å². The molecular formula is C31H30ClN5O3. The molecule has 0 unspecified atom stereocenters. The zero-order valence-electron chi connectivity index (χ0n) is 28.7. The largest absolute Gasteiger partial charge is 0.494 e. The van der Waals surface area contributed by atoms with Crippen molar-refractivity contribution in [2.45, 2.75) is 19.8 Å². The van der Waals surface area contributed by atoms with Crippen molar-refractivity contribution in [3.8, 4) is 17.6 Å². The number of hydrogen-bond acceptors (Lipinski definition) is 8. The molecule has 0 amide bonds. The summed E-state index contributed by atoms with van der Waals surface area (Å²) in [5.74, 6) is -0.499. The zero-order valence-corrected chi connectivity index (χ0v) is 22.5. The second-order valence-corrected chi connectivity index (χ2v) is 9.24. The lowest BCUT2D eigenvalue weighted by Gasteiger charge is -2.16. The minimum absolute atomic E-state index is 0.0430. The highest BCUT2D eigenvalue weighted by Crippen LogP contribution is 2.36. The smallest absolute Gasteiger partial charge is 0.159 e. The minimum Gasteiger partial charge on any atom is -0.494 e. The molecule has 9 heteroatoms. The molecule has 0 aliphatic carbocycles. The predicted octanol–water partition coefficient (Wildman–Crippen LogP) is 6.11. The molecule has 0 bridgehead atoms. The van der Waals surface area contributed by atoms with Gasteiger partial charge in [0.1, 0.15) is 24.1 Å². The van der Waals surface area contributed by atoms with Crippen LogP contribution < -0.4 is 14.8 Å². The van der Waals surface area contributed by atoms with Crippen molar-refractivity contribution < 1.29 is 23.9 Å². The number of benzene rings is 2. The van der Waals surface area contributed by atoms with Crippen LogP contribution in [0.25, 0.3) is 10.9 Å². The lowest BCUT2D eigenvalue weighted by Crippen LogP contribution is -2.11. The number of fused-ring (bicyclic) bond motifs is 1. The van der Waals surface area contributed by atoms with Gasteiger partial charge in [-0.15, -0.1) is 0 Å². The number of carbonyl (C=O) groups excluding carboxylic acids is 1. The highest BCUT2D eigenvalue weighted by molar-refractivity contribution is 6.32. The highest BCUT2D eigenvalue weighted by atomic mass is 35.5. The number of anilines is 2. The quantitative estimate of drug-likeness (QED) is 0.207. The van der Waals surface area contributed by atoms with Gasteiger partial charge < -0.3 is 19.7 Å². The molecular weight excluding hydrogens is 526 g/mol. The second-order valence-electron chi connectivity index (χ2n) is 8.84.